The van der Waals surface area contributed by atoms with Crippen LogP contribution in [-0.4, -0.2) is 20.0 Å². The molecule has 88 valence electrons. The molecule has 0 atom stereocenters. The van der Waals surface area contributed by atoms with Gasteiger partial charge in [0.1, 0.15) is 11.4 Å². The fourth-order valence-corrected chi connectivity index (χ4v) is 1.84. The second-order valence-electron chi connectivity index (χ2n) is 3.34. The van der Waals surface area contributed by atoms with Crippen LogP contribution in [0.3, 0.4) is 0 Å². The van der Waals surface area contributed by atoms with E-state index in [-0.39, 0.29) is 11.4 Å². The van der Waals surface area contributed by atoms with Gasteiger partial charge in [0.2, 0.25) is 0 Å². The first-order valence-corrected chi connectivity index (χ1v) is 5.61. The van der Waals surface area contributed by atoms with Gasteiger partial charge in [-0.15, -0.1) is 0 Å². The van der Waals surface area contributed by atoms with Crippen LogP contribution in [-0.2, 0) is 6.61 Å². The first-order chi connectivity index (χ1) is 8.13. The Bertz CT molecular complexity index is 610. The maximum atomic E-state index is 11.7. The standard InChI is InChI=1S/C11H9BrN2O3/c12-7-3-1-2-4-9(7)14-11(17)5-10(16)8(6-15)13-14/h1-5,15-16H,6H2. The van der Waals surface area contributed by atoms with Crippen molar-refractivity contribution in [3.05, 3.63) is 50.9 Å². The molecule has 2 aromatic rings. The summed E-state index contributed by atoms with van der Waals surface area (Å²) in [5.41, 5.74) is 0.138. The largest absolute Gasteiger partial charge is 0.506 e. The summed E-state index contributed by atoms with van der Waals surface area (Å²) in [6, 6.07) is 8.08. The maximum Gasteiger partial charge on any atom is 0.275 e. The molecule has 0 aliphatic rings. The van der Waals surface area contributed by atoms with E-state index < -0.39 is 12.2 Å². The maximum absolute atomic E-state index is 11.7. The first-order valence-electron chi connectivity index (χ1n) is 4.81. The predicted octanol–water partition coefficient (Wildman–Crippen LogP) is 1.19. The number of aromatic nitrogens is 2. The van der Waals surface area contributed by atoms with Crippen molar-refractivity contribution in [1.82, 2.24) is 9.78 Å². The Labute approximate surface area is 105 Å². The molecule has 0 bridgehead atoms. The molecular weight excluding hydrogens is 288 g/mol. The average Bonchev–Trinajstić information content (AvgIpc) is 2.31. The number of aliphatic hydroxyl groups excluding tert-OH is 1. The Kier molecular flexibility index (Phi) is 3.26. The van der Waals surface area contributed by atoms with Gasteiger partial charge in [-0.25, -0.2) is 0 Å². The summed E-state index contributed by atoms with van der Waals surface area (Å²) >= 11 is 3.31. The fraction of sp³-hybridized carbons (Fsp3) is 0.0909. The van der Waals surface area contributed by atoms with Crippen LogP contribution in [0.25, 0.3) is 5.69 Å². The summed E-state index contributed by atoms with van der Waals surface area (Å²) in [6.45, 7) is -0.434. The quantitative estimate of drug-likeness (QED) is 0.873. The highest BCUT2D eigenvalue weighted by atomic mass is 79.9. The summed E-state index contributed by atoms with van der Waals surface area (Å²) in [5, 5.41) is 22.3. The number of benzene rings is 1. The summed E-state index contributed by atoms with van der Waals surface area (Å²) < 4.78 is 1.82. The molecule has 0 saturated heterocycles. The van der Waals surface area contributed by atoms with Crippen molar-refractivity contribution in [3.8, 4) is 11.4 Å². The third-order valence-corrected chi connectivity index (χ3v) is 2.89. The van der Waals surface area contributed by atoms with Gasteiger partial charge >= 0.3 is 0 Å². The van der Waals surface area contributed by atoms with E-state index in [1.807, 2.05) is 6.07 Å². The first kappa shape index (κ1) is 11.8. The zero-order valence-electron chi connectivity index (χ0n) is 8.67. The average molecular weight is 297 g/mol. The molecule has 0 spiro atoms. The molecule has 17 heavy (non-hydrogen) atoms. The monoisotopic (exact) mass is 296 g/mol. The van der Waals surface area contributed by atoms with Gasteiger partial charge in [-0.05, 0) is 28.1 Å². The second kappa shape index (κ2) is 4.68. The van der Waals surface area contributed by atoms with Crippen molar-refractivity contribution in [2.75, 3.05) is 0 Å². The Balaban J connectivity index is 2.68. The lowest BCUT2D eigenvalue weighted by molar-refractivity contribution is 0.266. The van der Waals surface area contributed by atoms with Crippen molar-refractivity contribution in [3.63, 3.8) is 0 Å². The topological polar surface area (TPSA) is 75.3 Å². The molecule has 0 aliphatic carbocycles. The second-order valence-corrected chi connectivity index (χ2v) is 4.19. The van der Waals surface area contributed by atoms with Gasteiger partial charge in [0.25, 0.3) is 5.56 Å². The van der Waals surface area contributed by atoms with E-state index >= 15 is 0 Å². The van der Waals surface area contributed by atoms with Gasteiger partial charge < -0.3 is 10.2 Å². The highest BCUT2D eigenvalue weighted by molar-refractivity contribution is 9.10. The van der Waals surface area contributed by atoms with Crippen molar-refractivity contribution in [2.24, 2.45) is 0 Å². The molecule has 0 aliphatic heterocycles. The molecule has 6 heteroatoms. The molecule has 1 aromatic heterocycles. The van der Waals surface area contributed by atoms with Gasteiger partial charge in [-0.1, -0.05) is 12.1 Å². The third-order valence-electron chi connectivity index (χ3n) is 2.22. The lowest BCUT2D eigenvalue weighted by atomic mass is 10.3. The minimum absolute atomic E-state index is 0.0559. The van der Waals surface area contributed by atoms with Crippen LogP contribution < -0.4 is 5.56 Å². The number of aromatic hydroxyl groups is 1. The highest BCUT2D eigenvalue weighted by Gasteiger charge is 2.10. The number of halogens is 1. The van der Waals surface area contributed by atoms with Crippen molar-refractivity contribution in [2.45, 2.75) is 6.61 Å². The predicted molar refractivity (Wildman–Crippen MR) is 65.1 cm³/mol. The Morgan fingerprint density at radius 1 is 1.35 bits per heavy atom. The van der Waals surface area contributed by atoms with Crippen molar-refractivity contribution in [1.29, 1.82) is 0 Å². The molecule has 0 radical (unpaired) electrons. The van der Waals surface area contributed by atoms with E-state index in [1.54, 1.807) is 18.2 Å². The number of aliphatic hydroxyl groups is 1. The molecule has 0 amide bonds. The zero-order valence-corrected chi connectivity index (χ0v) is 10.3. The van der Waals surface area contributed by atoms with Gasteiger partial charge in [-0.3, -0.25) is 4.79 Å². The van der Waals surface area contributed by atoms with Gasteiger partial charge in [0, 0.05) is 10.5 Å². The van der Waals surface area contributed by atoms with E-state index in [9.17, 15) is 9.90 Å². The number of rotatable bonds is 2. The van der Waals surface area contributed by atoms with E-state index in [4.69, 9.17) is 5.11 Å². The molecule has 0 unspecified atom stereocenters. The van der Waals surface area contributed by atoms with Crippen LogP contribution in [0.4, 0.5) is 0 Å². The summed E-state index contributed by atoms with van der Waals surface area (Å²) in [5.74, 6) is -0.305. The van der Waals surface area contributed by atoms with Crippen LogP contribution in [0.2, 0.25) is 0 Å². The Morgan fingerprint density at radius 3 is 2.71 bits per heavy atom. The van der Waals surface area contributed by atoms with Crippen molar-refractivity contribution >= 4 is 15.9 Å². The van der Waals surface area contributed by atoms with Gasteiger partial charge in [0.05, 0.1) is 12.3 Å². The minimum atomic E-state index is -0.466. The lowest BCUT2D eigenvalue weighted by Gasteiger charge is -2.08. The number of para-hydroxylation sites is 1. The lowest BCUT2D eigenvalue weighted by Crippen LogP contribution is -2.21. The van der Waals surface area contributed by atoms with Crippen LogP contribution in [0.5, 0.6) is 5.75 Å². The number of hydrogen-bond acceptors (Lipinski definition) is 4. The van der Waals surface area contributed by atoms with E-state index in [0.29, 0.717) is 10.2 Å². The summed E-state index contributed by atoms with van der Waals surface area (Å²) in [6.07, 6.45) is 0. The molecule has 2 N–H and O–H groups in total. The van der Waals surface area contributed by atoms with E-state index in [2.05, 4.69) is 21.0 Å². The SMILES string of the molecule is O=c1cc(O)c(CO)nn1-c1ccccc1Br. The molecule has 2 rings (SSSR count). The Morgan fingerprint density at radius 2 is 2.06 bits per heavy atom. The van der Waals surface area contributed by atoms with Crippen molar-refractivity contribution < 1.29 is 10.2 Å². The zero-order chi connectivity index (χ0) is 12.4. The molecule has 5 nitrogen and oxygen atoms in total. The van der Waals surface area contributed by atoms with Crippen LogP contribution in [0, 0.1) is 0 Å². The van der Waals surface area contributed by atoms with E-state index in [1.165, 1.54) is 0 Å². The Hall–Kier alpha value is -1.66. The molecule has 1 aromatic carbocycles. The van der Waals surface area contributed by atoms with Gasteiger partial charge in [-0.2, -0.15) is 9.78 Å². The number of nitrogens with zero attached hydrogens (tertiary/aromatic N) is 2. The number of hydrogen-bond donors (Lipinski definition) is 2. The smallest absolute Gasteiger partial charge is 0.275 e. The third kappa shape index (κ3) is 2.22. The highest BCUT2D eigenvalue weighted by Crippen LogP contribution is 2.19. The fourth-order valence-electron chi connectivity index (χ4n) is 1.39. The van der Waals surface area contributed by atoms with Crippen LogP contribution >= 0.6 is 15.9 Å². The van der Waals surface area contributed by atoms with Gasteiger partial charge in [0.15, 0.2) is 0 Å². The molecular formula is C11H9BrN2O3. The van der Waals surface area contributed by atoms with Crippen LogP contribution in [0.1, 0.15) is 5.69 Å². The molecule has 1 heterocycles. The minimum Gasteiger partial charge on any atom is -0.506 e. The van der Waals surface area contributed by atoms with E-state index in [0.717, 1.165) is 10.7 Å². The molecule has 0 fully saturated rings. The molecule has 0 saturated carbocycles. The normalized spacial score (nSPS) is 10.5. The summed E-state index contributed by atoms with van der Waals surface area (Å²) in [7, 11) is 0. The van der Waals surface area contributed by atoms with Crippen LogP contribution in [0.15, 0.2) is 39.6 Å². The summed E-state index contributed by atoms with van der Waals surface area (Å²) in [4.78, 5) is 11.7.